The Balaban J connectivity index is 1.82. The van der Waals surface area contributed by atoms with Gasteiger partial charge < -0.3 is 5.73 Å². The van der Waals surface area contributed by atoms with Gasteiger partial charge in [-0.3, -0.25) is 0 Å². The number of nitrogens with two attached hydrogens (primary N) is 1. The standard InChI is InChI=1S/C17H17F2N/c1-10-6-7-14(18)16(17(10)19)15(20)9-12-8-11-4-2-3-5-13(11)12/h2-7,12,15H,8-9,20H2,1H3. The normalized spacial score (nSPS) is 18.3. The molecule has 0 amide bonds. The molecule has 20 heavy (non-hydrogen) atoms. The molecule has 1 nitrogen and oxygen atoms in total. The van der Waals surface area contributed by atoms with Crippen LogP contribution in [0, 0.1) is 18.6 Å². The van der Waals surface area contributed by atoms with E-state index in [9.17, 15) is 8.78 Å². The highest BCUT2D eigenvalue weighted by molar-refractivity contribution is 5.40. The lowest BCUT2D eigenvalue weighted by Crippen LogP contribution is -2.24. The fraction of sp³-hybridized carbons (Fsp3) is 0.294. The molecule has 0 bridgehead atoms. The van der Waals surface area contributed by atoms with Crippen molar-refractivity contribution in [1.29, 1.82) is 0 Å². The Kier molecular flexibility index (Phi) is 3.30. The van der Waals surface area contributed by atoms with Crippen molar-refractivity contribution < 1.29 is 8.78 Å². The molecule has 2 N–H and O–H groups in total. The SMILES string of the molecule is Cc1ccc(F)c(C(N)CC2Cc3ccccc32)c1F. The Morgan fingerprint density at radius 2 is 1.95 bits per heavy atom. The molecule has 2 aromatic carbocycles. The number of rotatable bonds is 3. The van der Waals surface area contributed by atoms with E-state index in [0.717, 1.165) is 6.42 Å². The predicted octanol–water partition coefficient (Wildman–Crippen LogP) is 4.00. The minimum absolute atomic E-state index is 0.0226. The van der Waals surface area contributed by atoms with Gasteiger partial charge in [-0.2, -0.15) is 0 Å². The topological polar surface area (TPSA) is 26.0 Å². The van der Waals surface area contributed by atoms with Gasteiger partial charge in [0.2, 0.25) is 0 Å². The minimum Gasteiger partial charge on any atom is -0.324 e. The average Bonchev–Trinajstić information content (AvgIpc) is 2.41. The highest BCUT2D eigenvalue weighted by Gasteiger charge is 2.29. The first kappa shape index (κ1) is 13.3. The quantitative estimate of drug-likeness (QED) is 0.898. The molecular formula is C17H17F2N. The Morgan fingerprint density at radius 3 is 2.70 bits per heavy atom. The first-order valence-corrected chi connectivity index (χ1v) is 6.85. The van der Waals surface area contributed by atoms with Gasteiger partial charge in [-0.15, -0.1) is 0 Å². The molecule has 104 valence electrons. The summed E-state index contributed by atoms with van der Waals surface area (Å²) in [6, 6.07) is 10.3. The maximum absolute atomic E-state index is 14.1. The van der Waals surface area contributed by atoms with E-state index in [1.54, 1.807) is 6.92 Å². The van der Waals surface area contributed by atoms with Gasteiger partial charge in [-0.05, 0) is 48.4 Å². The van der Waals surface area contributed by atoms with Crippen molar-refractivity contribution in [3.8, 4) is 0 Å². The summed E-state index contributed by atoms with van der Waals surface area (Å²) in [5, 5.41) is 0. The van der Waals surface area contributed by atoms with Crippen molar-refractivity contribution in [2.24, 2.45) is 5.73 Å². The number of hydrogen-bond donors (Lipinski definition) is 1. The summed E-state index contributed by atoms with van der Waals surface area (Å²) in [5.74, 6) is -0.751. The zero-order valence-corrected chi connectivity index (χ0v) is 11.4. The van der Waals surface area contributed by atoms with E-state index >= 15 is 0 Å². The van der Waals surface area contributed by atoms with Crippen LogP contribution in [0.5, 0.6) is 0 Å². The molecule has 0 saturated heterocycles. The third kappa shape index (κ3) is 2.12. The molecule has 0 radical (unpaired) electrons. The van der Waals surface area contributed by atoms with Gasteiger partial charge in [0.1, 0.15) is 11.6 Å². The van der Waals surface area contributed by atoms with Gasteiger partial charge in [0, 0.05) is 11.6 Å². The molecule has 2 atom stereocenters. The number of hydrogen-bond acceptors (Lipinski definition) is 1. The molecule has 2 aromatic rings. The summed E-state index contributed by atoms with van der Waals surface area (Å²) in [6.07, 6.45) is 1.52. The van der Waals surface area contributed by atoms with Crippen LogP contribution < -0.4 is 5.73 Å². The van der Waals surface area contributed by atoms with E-state index in [-0.39, 0.29) is 5.56 Å². The van der Waals surface area contributed by atoms with E-state index in [2.05, 4.69) is 12.1 Å². The van der Waals surface area contributed by atoms with Gasteiger partial charge in [-0.1, -0.05) is 30.3 Å². The molecule has 0 fully saturated rings. The van der Waals surface area contributed by atoms with Crippen LogP contribution in [0.3, 0.4) is 0 Å². The molecule has 2 unspecified atom stereocenters. The lowest BCUT2D eigenvalue weighted by atomic mass is 9.74. The second-order valence-corrected chi connectivity index (χ2v) is 5.53. The summed E-state index contributed by atoms with van der Waals surface area (Å²) in [7, 11) is 0. The summed E-state index contributed by atoms with van der Waals surface area (Å²) in [6.45, 7) is 1.63. The Morgan fingerprint density at radius 1 is 1.20 bits per heavy atom. The third-order valence-electron chi connectivity index (χ3n) is 4.19. The van der Waals surface area contributed by atoms with Crippen LogP contribution in [0.25, 0.3) is 0 Å². The Bertz CT molecular complexity index is 651. The third-order valence-corrected chi connectivity index (χ3v) is 4.19. The van der Waals surface area contributed by atoms with Gasteiger partial charge in [0.25, 0.3) is 0 Å². The lowest BCUT2D eigenvalue weighted by molar-refractivity contribution is 0.458. The highest BCUT2D eigenvalue weighted by atomic mass is 19.1. The van der Waals surface area contributed by atoms with Crippen molar-refractivity contribution in [3.63, 3.8) is 0 Å². The summed E-state index contributed by atoms with van der Waals surface area (Å²) in [4.78, 5) is 0. The zero-order valence-electron chi connectivity index (χ0n) is 11.4. The summed E-state index contributed by atoms with van der Waals surface area (Å²) < 4.78 is 27.9. The zero-order chi connectivity index (χ0) is 14.3. The van der Waals surface area contributed by atoms with Gasteiger partial charge in [-0.25, -0.2) is 8.78 Å². The monoisotopic (exact) mass is 273 g/mol. The number of benzene rings is 2. The Hall–Kier alpha value is -1.74. The van der Waals surface area contributed by atoms with E-state index in [0.29, 0.717) is 17.9 Å². The predicted molar refractivity (Wildman–Crippen MR) is 75.5 cm³/mol. The summed E-state index contributed by atoms with van der Waals surface area (Å²) in [5.41, 5.74) is 9.09. The van der Waals surface area contributed by atoms with Crippen LogP contribution in [-0.4, -0.2) is 0 Å². The van der Waals surface area contributed by atoms with Crippen LogP contribution in [0.4, 0.5) is 8.78 Å². The minimum atomic E-state index is -0.603. The smallest absolute Gasteiger partial charge is 0.133 e. The summed E-state index contributed by atoms with van der Waals surface area (Å²) >= 11 is 0. The molecule has 1 aliphatic rings. The van der Waals surface area contributed by atoms with E-state index in [4.69, 9.17) is 5.73 Å². The molecule has 0 heterocycles. The Labute approximate surface area is 117 Å². The first-order valence-electron chi connectivity index (χ1n) is 6.85. The van der Waals surface area contributed by atoms with Crippen molar-refractivity contribution in [2.75, 3.05) is 0 Å². The molecule has 0 aromatic heterocycles. The largest absolute Gasteiger partial charge is 0.324 e. The molecule has 0 aliphatic heterocycles. The number of fused-ring (bicyclic) bond motifs is 1. The fourth-order valence-corrected chi connectivity index (χ4v) is 3.02. The van der Waals surface area contributed by atoms with Crippen LogP contribution in [0.2, 0.25) is 0 Å². The maximum atomic E-state index is 14.1. The molecule has 3 heteroatoms. The number of aryl methyl sites for hydroxylation is 1. The highest BCUT2D eigenvalue weighted by Crippen LogP contribution is 2.40. The van der Waals surface area contributed by atoms with E-state index in [1.807, 2.05) is 12.1 Å². The second-order valence-electron chi connectivity index (χ2n) is 5.53. The van der Waals surface area contributed by atoms with E-state index < -0.39 is 17.7 Å². The van der Waals surface area contributed by atoms with Gasteiger partial charge in [0.05, 0.1) is 0 Å². The lowest BCUT2D eigenvalue weighted by Gasteiger charge is -2.32. The molecule has 1 aliphatic carbocycles. The maximum Gasteiger partial charge on any atom is 0.133 e. The van der Waals surface area contributed by atoms with Crippen LogP contribution in [-0.2, 0) is 6.42 Å². The van der Waals surface area contributed by atoms with E-state index in [1.165, 1.54) is 23.3 Å². The van der Waals surface area contributed by atoms with Gasteiger partial charge >= 0.3 is 0 Å². The van der Waals surface area contributed by atoms with Crippen molar-refractivity contribution in [3.05, 3.63) is 70.3 Å². The van der Waals surface area contributed by atoms with Crippen LogP contribution in [0.15, 0.2) is 36.4 Å². The molecule has 0 saturated carbocycles. The molecule has 0 spiro atoms. The van der Waals surface area contributed by atoms with Crippen molar-refractivity contribution >= 4 is 0 Å². The van der Waals surface area contributed by atoms with Crippen LogP contribution in [0.1, 0.15) is 40.6 Å². The van der Waals surface area contributed by atoms with Gasteiger partial charge in [0.15, 0.2) is 0 Å². The average molecular weight is 273 g/mol. The molecular weight excluding hydrogens is 256 g/mol. The van der Waals surface area contributed by atoms with Crippen LogP contribution >= 0.6 is 0 Å². The van der Waals surface area contributed by atoms with Crippen molar-refractivity contribution in [1.82, 2.24) is 0 Å². The van der Waals surface area contributed by atoms with Crippen molar-refractivity contribution in [2.45, 2.75) is 31.7 Å². The fourth-order valence-electron chi connectivity index (χ4n) is 3.02. The molecule has 3 rings (SSSR count). The second kappa shape index (κ2) is 4.98. The number of halogens is 2. The first-order chi connectivity index (χ1) is 9.58.